The largest absolute Gasteiger partial charge is 0.444 e. The van der Waals surface area contributed by atoms with Crippen LogP contribution in [0, 0.1) is 17.9 Å². The lowest BCUT2D eigenvalue weighted by Gasteiger charge is -2.31. The van der Waals surface area contributed by atoms with Crippen molar-refractivity contribution in [1.29, 1.82) is 5.26 Å². The van der Waals surface area contributed by atoms with Crippen molar-refractivity contribution in [2.24, 2.45) is 0 Å². The first-order valence-electron chi connectivity index (χ1n) is 9.80. The van der Waals surface area contributed by atoms with Crippen molar-refractivity contribution in [3.8, 4) is 17.5 Å². The van der Waals surface area contributed by atoms with E-state index < -0.39 is 0 Å². The van der Waals surface area contributed by atoms with E-state index in [4.69, 9.17) is 28.3 Å². The number of halogens is 1. The Kier molecular flexibility index (Phi) is 6.31. The maximum absolute atomic E-state index is 9.89. The molecule has 9 heteroatoms. The number of nitrogens with zero attached hydrogens (tertiary/aromatic N) is 5. The van der Waals surface area contributed by atoms with E-state index >= 15 is 0 Å². The number of rotatable bonds is 5. The Morgan fingerprint density at radius 3 is 2.65 bits per heavy atom. The van der Waals surface area contributed by atoms with Crippen LogP contribution in [0.4, 0.5) is 17.2 Å². The third kappa shape index (κ3) is 4.46. The topological polar surface area (TPSA) is 96.3 Å². The summed E-state index contributed by atoms with van der Waals surface area (Å²) in [6.07, 6.45) is 4.79. The number of pyridine rings is 1. The summed E-state index contributed by atoms with van der Waals surface area (Å²) in [6.45, 7) is 9.16. The molecule has 7 nitrogen and oxygen atoms in total. The van der Waals surface area contributed by atoms with E-state index in [9.17, 15) is 5.26 Å². The minimum Gasteiger partial charge on any atom is -0.444 e. The Hall–Kier alpha value is -3.20. The highest BCUT2D eigenvalue weighted by molar-refractivity contribution is 7.98. The number of hydrogen-bond donors (Lipinski definition) is 1. The molecule has 0 aliphatic carbocycles. The van der Waals surface area contributed by atoms with Gasteiger partial charge in [0.2, 0.25) is 5.89 Å². The molecule has 0 saturated carbocycles. The Bertz CT molecular complexity index is 1170. The van der Waals surface area contributed by atoms with Crippen LogP contribution in [0.5, 0.6) is 0 Å². The van der Waals surface area contributed by atoms with Gasteiger partial charge in [-0.15, -0.1) is 0 Å². The molecule has 0 spiro atoms. The maximum atomic E-state index is 9.89. The van der Waals surface area contributed by atoms with E-state index in [1.54, 1.807) is 18.4 Å². The van der Waals surface area contributed by atoms with Crippen LogP contribution in [0.2, 0.25) is 5.02 Å². The zero-order valence-corrected chi connectivity index (χ0v) is 18.2. The number of anilines is 2. The fraction of sp³-hybridized carbons (Fsp3) is 0.273. The van der Waals surface area contributed by atoms with Crippen LogP contribution < -0.4 is 10.6 Å². The second-order valence-electron chi connectivity index (χ2n) is 7.09. The predicted molar refractivity (Wildman–Crippen MR) is 122 cm³/mol. The van der Waals surface area contributed by atoms with Crippen LogP contribution in [0.25, 0.3) is 16.3 Å². The standard InChI is InChI=1S/C22H19ClN6OS/c1-26-18-19(29-9-3-2-4-10-29)17(11-24)22(28-20(18)25)31-13-16-12-30-21(27-16)14-5-7-15(23)8-6-14/h5-8,12H,2-4,9-10,13H2,(H2,25,28). The lowest BCUT2D eigenvalue weighted by molar-refractivity contribution is 0.573. The van der Waals surface area contributed by atoms with Gasteiger partial charge in [0.1, 0.15) is 23.2 Å². The highest BCUT2D eigenvalue weighted by atomic mass is 35.5. The van der Waals surface area contributed by atoms with Gasteiger partial charge in [-0.25, -0.2) is 14.8 Å². The first kappa shape index (κ1) is 21.0. The molecule has 0 bridgehead atoms. The van der Waals surface area contributed by atoms with Gasteiger partial charge in [-0.1, -0.05) is 23.4 Å². The molecule has 156 valence electrons. The molecular formula is C22H19ClN6OS. The van der Waals surface area contributed by atoms with E-state index in [2.05, 4.69) is 25.8 Å². The summed E-state index contributed by atoms with van der Waals surface area (Å²) in [7, 11) is 0. The first-order valence-corrected chi connectivity index (χ1v) is 11.2. The summed E-state index contributed by atoms with van der Waals surface area (Å²) < 4.78 is 5.59. The number of nitrogens with two attached hydrogens (primary N) is 1. The van der Waals surface area contributed by atoms with Gasteiger partial charge in [0, 0.05) is 29.4 Å². The van der Waals surface area contributed by atoms with Gasteiger partial charge in [-0.2, -0.15) is 5.26 Å². The van der Waals surface area contributed by atoms with Crippen LogP contribution in [0.15, 0.2) is 40.0 Å². The van der Waals surface area contributed by atoms with Gasteiger partial charge in [0.15, 0.2) is 0 Å². The predicted octanol–water partition coefficient (Wildman–Crippen LogP) is 5.68. The minimum atomic E-state index is 0.152. The van der Waals surface area contributed by atoms with Crippen molar-refractivity contribution >= 4 is 40.6 Å². The molecule has 0 radical (unpaired) electrons. The van der Waals surface area contributed by atoms with Gasteiger partial charge in [-0.3, -0.25) is 0 Å². The second kappa shape index (κ2) is 9.30. The molecule has 0 amide bonds. The van der Waals surface area contributed by atoms with Crippen molar-refractivity contribution in [2.75, 3.05) is 23.7 Å². The van der Waals surface area contributed by atoms with E-state index in [1.165, 1.54) is 11.8 Å². The average Bonchev–Trinajstić information content (AvgIpc) is 3.27. The third-order valence-electron chi connectivity index (χ3n) is 5.04. The Balaban J connectivity index is 1.60. The normalized spacial score (nSPS) is 13.6. The molecule has 1 aliphatic heterocycles. The van der Waals surface area contributed by atoms with Crippen molar-refractivity contribution in [2.45, 2.75) is 30.0 Å². The Labute approximate surface area is 189 Å². The van der Waals surface area contributed by atoms with Crippen LogP contribution >= 0.6 is 23.4 Å². The highest BCUT2D eigenvalue weighted by Crippen LogP contribution is 2.42. The number of nitriles is 1. The lowest BCUT2D eigenvalue weighted by atomic mass is 10.1. The molecule has 3 heterocycles. The second-order valence-corrected chi connectivity index (χ2v) is 8.49. The van der Waals surface area contributed by atoms with E-state index in [1.807, 2.05) is 12.1 Å². The molecular weight excluding hydrogens is 432 g/mol. The maximum Gasteiger partial charge on any atom is 0.251 e. The number of benzene rings is 1. The molecule has 3 aromatic rings. The summed E-state index contributed by atoms with van der Waals surface area (Å²) in [4.78, 5) is 14.6. The van der Waals surface area contributed by atoms with Crippen LogP contribution in [-0.2, 0) is 5.75 Å². The quantitative estimate of drug-likeness (QED) is 0.394. The van der Waals surface area contributed by atoms with E-state index in [-0.39, 0.29) is 11.5 Å². The molecule has 0 atom stereocenters. The van der Waals surface area contributed by atoms with Crippen molar-refractivity contribution < 1.29 is 4.42 Å². The lowest BCUT2D eigenvalue weighted by Crippen LogP contribution is -2.30. The third-order valence-corrected chi connectivity index (χ3v) is 6.30. The van der Waals surface area contributed by atoms with Crippen molar-refractivity contribution in [1.82, 2.24) is 9.97 Å². The average molecular weight is 451 g/mol. The number of piperidine rings is 1. The Morgan fingerprint density at radius 1 is 1.23 bits per heavy atom. The minimum absolute atomic E-state index is 0.152. The van der Waals surface area contributed by atoms with Crippen LogP contribution in [-0.4, -0.2) is 23.1 Å². The number of aromatic nitrogens is 2. The molecule has 2 aromatic heterocycles. The molecule has 1 saturated heterocycles. The van der Waals surface area contributed by atoms with Crippen molar-refractivity contribution in [3.05, 3.63) is 58.2 Å². The molecule has 4 rings (SSSR count). The van der Waals surface area contributed by atoms with Crippen LogP contribution in [0.3, 0.4) is 0 Å². The monoisotopic (exact) mass is 450 g/mol. The molecule has 2 N–H and O–H groups in total. The number of thioether (sulfide) groups is 1. The fourth-order valence-electron chi connectivity index (χ4n) is 3.54. The number of oxazole rings is 1. The van der Waals surface area contributed by atoms with E-state index in [0.29, 0.717) is 38.6 Å². The van der Waals surface area contributed by atoms with Gasteiger partial charge in [0.05, 0.1) is 23.5 Å². The number of hydrogen-bond acceptors (Lipinski definition) is 7. The fourth-order valence-corrected chi connectivity index (χ4v) is 4.53. The van der Waals surface area contributed by atoms with E-state index in [0.717, 1.165) is 37.9 Å². The molecule has 0 unspecified atom stereocenters. The molecule has 1 aromatic carbocycles. The zero-order chi connectivity index (χ0) is 21.8. The highest BCUT2D eigenvalue weighted by Gasteiger charge is 2.25. The first-order chi connectivity index (χ1) is 15.1. The van der Waals surface area contributed by atoms with Gasteiger partial charge in [0.25, 0.3) is 5.69 Å². The summed E-state index contributed by atoms with van der Waals surface area (Å²) in [5, 5.41) is 11.0. The molecule has 1 aliphatic rings. The summed E-state index contributed by atoms with van der Waals surface area (Å²) in [5.74, 6) is 1.10. The van der Waals surface area contributed by atoms with Gasteiger partial charge >= 0.3 is 0 Å². The Morgan fingerprint density at radius 2 is 1.97 bits per heavy atom. The zero-order valence-electron chi connectivity index (χ0n) is 16.6. The molecule has 1 fully saturated rings. The molecule has 31 heavy (non-hydrogen) atoms. The summed E-state index contributed by atoms with van der Waals surface area (Å²) in [6, 6.07) is 9.50. The van der Waals surface area contributed by atoms with Gasteiger partial charge in [-0.05, 0) is 43.5 Å². The number of nitrogen functional groups attached to an aromatic ring is 1. The van der Waals surface area contributed by atoms with Crippen molar-refractivity contribution in [3.63, 3.8) is 0 Å². The SMILES string of the molecule is [C-]#[N+]c1c(N)nc(SCc2coc(-c3ccc(Cl)cc3)n2)c(C#N)c1N1CCCCC1. The summed E-state index contributed by atoms with van der Waals surface area (Å²) >= 11 is 7.29. The smallest absolute Gasteiger partial charge is 0.251 e. The van der Waals surface area contributed by atoms with Crippen LogP contribution in [0.1, 0.15) is 30.5 Å². The van der Waals surface area contributed by atoms with Gasteiger partial charge < -0.3 is 15.1 Å². The summed E-state index contributed by atoms with van der Waals surface area (Å²) in [5.41, 5.74) is 8.91.